The number of carbonyl (C=O) groups excluding carboxylic acids is 1. The van der Waals surface area contributed by atoms with E-state index in [9.17, 15) is 9.59 Å². The second-order valence-electron chi connectivity index (χ2n) is 6.28. The average molecular weight is 319 g/mol. The minimum Gasteiger partial charge on any atom is -0.482 e. The number of carbonyl (C=O) groups is 2. The van der Waals surface area contributed by atoms with Crippen molar-refractivity contribution >= 4 is 11.9 Å². The first-order valence-electron chi connectivity index (χ1n) is 8.21. The molecule has 2 unspecified atom stereocenters. The number of amides is 1. The summed E-state index contributed by atoms with van der Waals surface area (Å²) in [5.74, 6) is -0.191. The Balaban J connectivity index is 2.16. The number of benzene rings is 1. The first kappa shape index (κ1) is 17.3. The summed E-state index contributed by atoms with van der Waals surface area (Å²) in [5, 5.41) is 8.68. The molecule has 1 aromatic rings. The van der Waals surface area contributed by atoms with Crippen LogP contribution in [0.2, 0.25) is 0 Å². The molecular weight excluding hydrogens is 294 g/mol. The number of carboxylic acids is 1. The molecular formula is C18H25NO4. The Hall–Kier alpha value is -2.04. The third-order valence-corrected chi connectivity index (χ3v) is 4.52. The van der Waals surface area contributed by atoms with Gasteiger partial charge in [-0.3, -0.25) is 4.79 Å². The number of nitrogens with zero attached hydrogens (tertiary/aromatic N) is 1. The summed E-state index contributed by atoms with van der Waals surface area (Å²) in [4.78, 5) is 25.5. The SMILES string of the molecule is CCC(C)C(C)N(C(=O)c1cccc(OCC(=O)O)c1)C1CC1. The van der Waals surface area contributed by atoms with Crippen LogP contribution in [0.3, 0.4) is 0 Å². The maximum Gasteiger partial charge on any atom is 0.341 e. The largest absolute Gasteiger partial charge is 0.482 e. The third kappa shape index (κ3) is 4.47. The maximum absolute atomic E-state index is 12.9. The predicted molar refractivity (Wildman–Crippen MR) is 87.7 cm³/mol. The van der Waals surface area contributed by atoms with Crippen LogP contribution in [0.1, 0.15) is 50.4 Å². The van der Waals surface area contributed by atoms with E-state index in [0.29, 0.717) is 23.3 Å². The first-order chi connectivity index (χ1) is 10.9. The Morgan fingerprint density at radius 1 is 1.35 bits per heavy atom. The van der Waals surface area contributed by atoms with Gasteiger partial charge in [0.1, 0.15) is 5.75 Å². The molecule has 0 spiro atoms. The summed E-state index contributed by atoms with van der Waals surface area (Å²) in [6.07, 6.45) is 3.14. The Morgan fingerprint density at radius 3 is 2.61 bits per heavy atom. The van der Waals surface area contributed by atoms with Crippen LogP contribution in [-0.4, -0.2) is 40.6 Å². The molecule has 1 fully saturated rings. The van der Waals surface area contributed by atoms with Crippen molar-refractivity contribution in [2.75, 3.05) is 6.61 Å². The number of hydrogen-bond donors (Lipinski definition) is 1. The van der Waals surface area contributed by atoms with Gasteiger partial charge in [-0.2, -0.15) is 0 Å². The van der Waals surface area contributed by atoms with Crippen LogP contribution in [0.15, 0.2) is 24.3 Å². The van der Waals surface area contributed by atoms with Gasteiger partial charge >= 0.3 is 5.97 Å². The zero-order valence-electron chi connectivity index (χ0n) is 14.0. The zero-order valence-corrected chi connectivity index (χ0v) is 14.0. The third-order valence-electron chi connectivity index (χ3n) is 4.52. The van der Waals surface area contributed by atoms with Crippen molar-refractivity contribution in [2.45, 2.75) is 52.1 Å². The van der Waals surface area contributed by atoms with Gasteiger partial charge in [-0.05, 0) is 43.9 Å². The minimum absolute atomic E-state index is 0.000995. The zero-order chi connectivity index (χ0) is 17.0. The van der Waals surface area contributed by atoms with Crippen molar-refractivity contribution in [2.24, 2.45) is 5.92 Å². The lowest BCUT2D eigenvalue weighted by molar-refractivity contribution is -0.139. The Morgan fingerprint density at radius 2 is 2.04 bits per heavy atom. The molecule has 1 aliphatic rings. The molecule has 0 bridgehead atoms. The van der Waals surface area contributed by atoms with Crippen LogP contribution < -0.4 is 4.74 Å². The van der Waals surface area contributed by atoms with Gasteiger partial charge in [0.05, 0.1) is 0 Å². The van der Waals surface area contributed by atoms with Crippen LogP contribution in [0.5, 0.6) is 5.75 Å². The van der Waals surface area contributed by atoms with Gasteiger partial charge in [0.25, 0.3) is 5.91 Å². The summed E-state index contributed by atoms with van der Waals surface area (Å²) >= 11 is 0. The molecule has 0 saturated heterocycles. The van der Waals surface area contributed by atoms with Gasteiger partial charge in [-0.15, -0.1) is 0 Å². The molecule has 2 rings (SSSR count). The van der Waals surface area contributed by atoms with E-state index in [1.54, 1.807) is 24.3 Å². The number of rotatable bonds is 8. The van der Waals surface area contributed by atoms with Crippen LogP contribution >= 0.6 is 0 Å². The number of carboxylic acid groups (broad SMARTS) is 1. The Bertz CT molecular complexity index is 568. The summed E-state index contributed by atoms with van der Waals surface area (Å²) < 4.78 is 5.17. The van der Waals surface area contributed by atoms with E-state index in [-0.39, 0.29) is 11.9 Å². The summed E-state index contributed by atoms with van der Waals surface area (Å²) in [7, 11) is 0. The lowest BCUT2D eigenvalue weighted by Crippen LogP contribution is -2.43. The molecule has 0 radical (unpaired) electrons. The number of ether oxygens (including phenoxy) is 1. The Labute approximate surface area is 137 Å². The molecule has 1 saturated carbocycles. The van der Waals surface area contributed by atoms with Gasteiger partial charge in [0.15, 0.2) is 6.61 Å². The van der Waals surface area contributed by atoms with Gasteiger partial charge in [0, 0.05) is 17.6 Å². The first-order valence-corrected chi connectivity index (χ1v) is 8.21. The van der Waals surface area contributed by atoms with Crippen molar-refractivity contribution in [3.63, 3.8) is 0 Å². The van der Waals surface area contributed by atoms with Crippen LogP contribution in [-0.2, 0) is 4.79 Å². The average Bonchev–Trinajstić information content (AvgIpc) is 3.37. The highest BCUT2D eigenvalue weighted by Crippen LogP contribution is 2.33. The van der Waals surface area contributed by atoms with Gasteiger partial charge in [-0.1, -0.05) is 26.3 Å². The molecule has 2 atom stereocenters. The van der Waals surface area contributed by atoms with Gasteiger partial charge in [-0.25, -0.2) is 4.79 Å². The second kappa shape index (κ2) is 7.49. The van der Waals surface area contributed by atoms with Gasteiger partial charge in [0.2, 0.25) is 0 Å². The topological polar surface area (TPSA) is 66.8 Å². The fourth-order valence-electron chi connectivity index (χ4n) is 2.66. The summed E-state index contributed by atoms with van der Waals surface area (Å²) in [6.45, 7) is 6.00. The monoisotopic (exact) mass is 319 g/mol. The molecule has 1 amide bonds. The van der Waals surface area contributed by atoms with Crippen molar-refractivity contribution in [3.8, 4) is 5.75 Å². The molecule has 5 nitrogen and oxygen atoms in total. The molecule has 1 aromatic carbocycles. The van der Waals surface area contributed by atoms with Crippen molar-refractivity contribution in [1.82, 2.24) is 4.90 Å². The van der Waals surface area contributed by atoms with E-state index < -0.39 is 12.6 Å². The van der Waals surface area contributed by atoms with E-state index in [1.807, 2.05) is 4.90 Å². The van der Waals surface area contributed by atoms with Crippen LogP contribution in [0, 0.1) is 5.92 Å². The van der Waals surface area contributed by atoms with Crippen LogP contribution in [0.4, 0.5) is 0 Å². The molecule has 1 N–H and O–H groups in total. The van der Waals surface area contributed by atoms with Crippen molar-refractivity contribution in [1.29, 1.82) is 0 Å². The van der Waals surface area contributed by atoms with Crippen molar-refractivity contribution < 1.29 is 19.4 Å². The van der Waals surface area contributed by atoms with E-state index >= 15 is 0 Å². The van der Waals surface area contributed by atoms with Crippen molar-refractivity contribution in [3.05, 3.63) is 29.8 Å². The second-order valence-corrected chi connectivity index (χ2v) is 6.28. The fourth-order valence-corrected chi connectivity index (χ4v) is 2.66. The highest BCUT2D eigenvalue weighted by Gasteiger charge is 2.37. The van der Waals surface area contributed by atoms with Crippen LogP contribution in [0.25, 0.3) is 0 Å². The summed E-state index contributed by atoms with van der Waals surface area (Å²) in [5.41, 5.74) is 0.551. The maximum atomic E-state index is 12.9. The molecule has 1 aliphatic carbocycles. The number of hydrogen-bond acceptors (Lipinski definition) is 3. The smallest absolute Gasteiger partial charge is 0.341 e. The van der Waals surface area contributed by atoms with E-state index in [1.165, 1.54) is 0 Å². The highest BCUT2D eigenvalue weighted by molar-refractivity contribution is 5.95. The predicted octanol–water partition coefficient (Wildman–Crippen LogP) is 3.19. The molecule has 0 heterocycles. The van der Waals surface area contributed by atoms with E-state index in [0.717, 1.165) is 19.3 Å². The lowest BCUT2D eigenvalue weighted by atomic mass is 9.98. The van der Waals surface area contributed by atoms with E-state index in [4.69, 9.17) is 9.84 Å². The summed E-state index contributed by atoms with van der Waals surface area (Å²) in [6, 6.07) is 7.29. The molecule has 0 aliphatic heterocycles. The normalized spacial score (nSPS) is 16.5. The number of aliphatic carboxylic acids is 1. The molecule has 0 aromatic heterocycles. The lowest BCUT2D eigenvalue weighted by Gasteiger charge is -2.33. The molecule has 23 heavy (non-hydrogen) atoms. The molecule has 126 valence electrons. The van der Waals surface area contributed by atoms with E-state index in [2.05, 4.69) is 20.8 Å². The standard InChI is InChI=1S/C18H25NO4/c1-4-12(2)13(3)19(15-8-9-15)18(22)14-6-5-7-16(10-14)23-11-17(20)21/h5-7,10,12-13,15H,4,8-9,11H2,1-3H3,(H,20,21). The van der Waals surface area contributed by atoms with Gasteiger partial charge < -0.3 is 14.7 Å². The fraction of sp³-hybridized carbons (Fsp3) is 0.556. The highest BCUT2D eigenvalue weighted by atomic mass is 16.5. The minimum atomic E-state index is -1.04. The Kier molecular flexibility index (Phi) is 5.64. The molecule has 5 heteroatoms. The quantitative estimate of drug-likeness (QED) is 0.799.